The van der Waals surface area contributed by atoms with Gasteiger partial charge in [-0.25, -0.2) is 4.79 Å². The smallest absolute Gasteiger partial charge is 0.345 e. The highest BCUT2D eigenvalue weighted by molar-refractivity contribution is 7.85. The Labute approximate surface area is 225 Å². The third-order valence-electron chi connectivity index (χ3n) is 6.73. The maximum Gasteiger partial charge on any atom is 0.345 e. The van der Waals surface area contributed by atoms with Crippen molar-refractivity contribution >= 4 is 43.7 Å². The van der Waals surface area contributed by atoms with E-state index in [0.717, 1.165) is 0 Å². The number of para-hydroxylation sites is 1. The molecule has 3 aromatic carbocycles. The molecule has 1 aliphatic heterocycles. The second kappa shape index (κ2) is 10.3. The van der Waals surface area contributed by atoms with Gasteiger partial charge in [-0.15, -0.1) is 0 Å². The summed E-state index contributed by atoms with van der Waals surface area (Å²) in [6.07, 6.45) is 0.154. The average molecular weight is 551 g/mol. The highest BCUT2D eigenvalue weighted by Gasteiger charge is 2.29. The third kappa shape index (κ3) is 5.30. The van der Waals surface area contributed by atoms with Gasteiger partial charge in [0.25, 0.3) is 10.1 Å². The van der Waals surface area contributed by atoms with Gasteiger partial charge in [-0.05, 0) is 56.2 Å². The maximum absolute atomic E-state index is 13.9. The number of Topliss-reactive ketones (excluding diaryl/α,β-unsaturated/α-hetero) is 1. The van der Waals surface area contributed by atoms with Crippen molar-refractivity contribution in [2.24, 2.45) is 0 Å². The van der Waals surface area contributed by atoms with E-state index in [-0.39, 0.29) is 18.7 Å². The van der Waals surface area contributed by atoms with E-state index >= 15 is 0 Å². The van der Waals surface area contributed by atoms with Crippen LogP contribution in [0.3, 0.4) is 0 Å². The molecule has 0 fully saturated rings. The van der Waals surface area contributed by atoms with Crippen LogP contribution in [0.15, 0.2) is 48.5 Å². The molecule has 202 valence electrons. The van der Waals surface area contributed by atoms with E-state index in [9.17, 15) is 22.6 Å². The lowest BCUT2D eigenvalue weighted by Crippen LogP contribution is -2.37. The molecule has 0 radical (unpaired) electrons. The van der Waals surface area contributed by atoms with Gasteiger partial charge in [-0.1, -0.05) is 12.1 Å². The number of esters is 1. The zero-order chi connectivity index (χ0) is 27.9. The quantitative estimate of drug-likeness (QED) is 0.0900. The molecule has 2 heterocycles. The number of ketones is 1. The summed E-state index contributed by atoms with van der Waals surface area (Å²) in [5.41, 5.74) is 3.48. The Hall–Kier alpha value is -4.02. The first-order valence-corrected chi connectivity index (χ1v) is 14.1. The molecule has 0 saturated carbocycles. The SMILES string of the molecule is CC(=O)c1cc(C)c(OC(=O)c2c3ccccc3[n+](CCCS(=O)(=O)O)c3cc4c(cc23)OCCO4)c(C)c1. The summed E-state index contributed by atoms with van der Waals surface area (Å²) in [4.78, 5) is 25.8. The summed E-state index contributed by atoms with van der Waals surface area (Å²) in [7, 11) is -4.14. The molecule has 0 bridgehead atoms. The summed E-state index contributed by atoms with van der Waals surface area (Å²) in [6, 6.07) is 14.2. The van der Waals surface area contributed by atoms with Crippen LogP contribution in [-0.4, -0.2) is 43.7 Å². The topological polar surface area (TPSA) is 120 Å². The van der Waals surface area contributed by atoms with E-state index in [4.69, 9.17) is 14.2 Å². The average Bonchev–Trinajstić information content (AvgIpc) is 2.88. The summed E-state index contributed by atoms with van der Waals surface area (Å²) in [5, 5.41) is 1.15. The Morgan fingerprint density at radius 3 is 2.23 bits per heavy atom. The zero-order valence-corrected chi connectivity index (χ0v) is 22.6. The van der Waals surface area contributed by atoms with Crippen LogP contribution in [0.2, 0.25) is 0 Å². The van der Waals surface area contributed by atoms with Gasteiger partial charge in [-0.2, -0.15) is 13.0 Å². The van der Waals surface area contributed by atoms with Crippen molar-refractivity contribution in [2.45, 2.75) is 33.7 Å². The minimum atomic E-state index is -4.14. The van der Waals surface area contributed by atoms with Crippen LogP contribution in [-0.2, 0) is 16.7 Å². The van der Waals surface area contributed by atoms with Gasteiger partial charge in [0.05, 0.1) is 28.2 Å². The second-order valence-corrected chi connectivity index (χ2v) is 11.2. The Morgan fingerprint density at radius 2 is 1.59 bits per heavy atom. The van der Waals surface area contributed by atoms with E-state index in [1.807, 2.05) is 22.8 Å². The molecule has 1 aromatic heterocycles. The second-order valence-electron chi connectivity index (χ2n) is 9.58. The van der Waals surface area contributed by atoms with Crippen molar-refractivity contribution in [1.29, 1.82) is 0 Å². The predicted molar refractivity (Wildman–Crippen MR) is 145 cm³/mol. The summed E-state index contributed by atoms with van der Waals surface area (Å²) in [6.45, 7) is 6.05. The first-order valence-electron chi connectivity index (χ1n) is 12.5. The van der Waals surface area contributed by atoms with E-state index in [1.54, 1.807) is 44.2 Å². The first kappa shape index (κ1) is 26.6. The van der Waals surface area contributed by atoms with Gasteiger partial charge < -0.3 is 14.2 Å². The number of carbonyl (C=O) groups is 2. The molecular weight excluding hydrogens is 522 g/mol. The lowest BCUT2D eigenvalue weighted by atomic mass is 10.0. The summed E-state index contributed by atoms with van der Waals surface area (Å²) < 4.78 is 51.6. The highest BCUT2D eigenvalue weighted by Crippen LogP contribution is 2.37. The molecule has 1 aliphatic rings. The molecule has 9 nitrogen and oxygen atoms in total. The number of hydrogen-bond donors (Lipinski definition) is 1. The lowest BCUT2D eigenvalue weighted by molar-refractivity contribution is -0.645. The normalized spacial score (nSPS) is 13.0. The Balaban J connectivity index is 1.71. The minimum absolute atomic E-state index is 0.0790. The number of ether oxygens (including phenoxy) is 3. The standard InChI is InChI=1S/C29H27NO8S/c1-17-13-20(19(3)31)14-18(2)28(17)38-29(32)27-21-7-4-5-8-23(21)30(9-6-12-39(33,34)35)24-16-26-25(15-22(24)27)36-10-11-37-26/h4-5,7-8,13-16H,6,9-12H2,1-3H3/p+1. The fourth-order valence-electron chi connectivity index (χ4n) is 5.02. The van der Waals surface area contributed by atoms with Crippen molar-refractivity contribution in [3.63, 3.8) is 0 Å². The van der Waals surface area contributed by atoms with Crippen molar-refractivity contribution in [2.75, 3.05) is 19.0 Å². The lowest BCUT2D eigenvalue weighted by Gasteiger charge is -2.20. The van der Waals surface area contributed by atoms with Crippen LogP contribution in [0.4, 0.5) is 0 Å². The van der Waals surface area contributed by atoms with Crippen molar-refractivity contribution in [3.05, 3.63) is 70.8 Å². The largest absolute Gasteiger partial charge is 0.486 e. The third-order valence-corrected chi connectivity index (χ3v) is 7.54. The molecule has 1 N–H and O–H groups in total. The molecule has 0 saturated heterocycles. The Kier molecular flexibility index (Phi) is 7.00. The van der Waals surface area contributed by atoms with Crippen LogP contribution in [0.25, 0.3) is 21.8 Å². The molecule has 0 spiro atoms. The zero-order valence-electron chi connectivity index (χ0n) is 21.8. The van der Waals surface area contributed by atoms with Crippen LogP contribution in [0.1, 0.15) is 45.2 Å². The predicted octanol–water partition coefficient (Wildman–Crippen LogP) is 4.37. The Morgan fingerprint density at radius 1 is 0.949 bits per heavy atom. The number of aromatic nitrogens is 1. The van der Waals surface area contributed by atoms with Crippen LogP contribution < -0.4 is 18.8 Å². The monoisotopic (exact) mass is 550 g/mol. The number of pyridine rings is 1. The van der Waals surface area contributed by atoms with Crippen LogP contribution >= 0.6 is 0 Å². The van der Waals surface area contributed by atoms with Gasteiger partial charge >= 0.3 is 5.97 Å². The number of nitrogens with zero attached hydrogens (tertiary/aromatic N) is 1. The molecule has 0 aliphatic carbocycles. The fraction of sp³-hybridized carbons (Fsp3) is 0.276. The first-order chi connectivity index (χ1) is 18.5. The number of rotatable bonds is 7. The summed E-state index contributed by atoms with van der Waals surface area (Å²) >= 11 is 0. The van der Waals surface area contributed by atoms with Gasteiger partial charge in [0.15, 0.2) is 23.8 Å². The van der Waals surface area contributed by atoms with Gasteiger partial charge in [0, 0.05) is 18.1 Å². The molecule has 0 atom stereocenters. The minimum Gasteiger partial charge on any atom is -0.486 e. The van der Waals surface area contributed by atoms with Gasteiger partial charge in [0.1, 0.15) is 19.0 Å². The van der Waals surface area contributed by atoms with Gasteiger partial charge in [0.2, 0.25) is 11.0 Å². The number of hydrogen-bond acceptors (Lipinski definition) is 7. The molecule has 10 heteroatoms. The Bertz CT molecular complexity index is 1740. The number of fused-ring (bicyclic) bond motifs is 3. The molecular formula is C29H28NO8S+. The maximum atomic E-state index is 13.9. The molecule has 0 unspecified atom stereocenters. The van der Waals surface area contributed by atoms with E-state index in [2.05, 4.69) is 0 Å². The van der Waals surface area contributed by atoms with Crippen LogP contribution in [0.5, 0.6) is 17.2 Å². The highest BCUT2D eigenvalue weighted by atomic mass is 32.2. The van der Waals surface area contributed by atoms with E-state index in [0.29, 0.717) is 74.5 Å². The summed E-state index contributed by atoms with van der Waals surface area (Å²) in [5.74, 6) is 0.312. The molecule has 39 heavy (non-hydrogen) atoms. The van der Waals surface area contributed by atoms with Crippen molar-refractivity contribution < 1.29 is 41.3 Å². The van der Waals surface area contributed by atoms with E-state index < -0.39 is 21.8 Å². The molecule has 5 rings (SSSR count). The van der Waals surface area contributed by atoms with Crippen molar-refractivity contribution in [3.8, 4) is 17.2 Å². The number of aryl methyl sites for hydroxylation is 3. The number of carbonyl (C=O) groups excluding carboxylic acids is 2. The van der Waals surface area contributed by atoms with E-state index in [1.165, 1.54) is 6.92 Å². The van der Waals surface area contributed by atoms with Gasteiger partial charge in [-0.3, -0.25) is 9.35 Å². The molecule has 4 aromatic rings. The number of benzene rings is 3. The molecule has 0 amide bonds. The van der Waals surface area contributed by atoms with Crippen LogP contribution in [0, 0.1) is 13.8 Å². The van der Waals surface area contributed by atoms with Crippen molar-refractivity contribution in [1.82, 2.24) is 0 Å². The fourth-order valence-corrected chi connectivity index (χ4v) is 5.51.